The highest BCUT2D eigenvalue weighted by Gasteiger charge is 2.26. The van der Waals surface area contributed by atoms with Gasteiger partial charge in [-0.2, -0.15) is 0 Å². The molecule has 0 aromatic carbocycles. The Bertz CT molecular complexity index is 403. The van der Waals surface area contributed by atoms with E-state index in [1.54, 1.807) is 0 Å². The Balaban J connectivity index is 1.71. The molecule has 2 aliphatic rings. The van der Waals surface area contributed by atoms with Gasteiger partial charge in [-0.15, -0.1) is 11.3 Å². The van der Waals surface area contributed by atoms with Crippen LogP contribution >= 0.6 is 11.3 Å². The van der Waals surface area contributed by atoms with Crippen LogP contribution in [-0.2, 0) is 13.0 Å². The molecule has 0 unspecified atom stereocenters. The van der Waals surface area contributed by atoms with Crippen molar-refractivity contribution in [1.82, 2.24) is 10.3 Å². The zero-order valence-electron chi connectivity index (χ0n) is 11.5. The highest BCUT2D eigenvalue weighted by molar-refractivity contribution is 7.11. The molecular weight excluding hydrogens is 240 g/mol. The molecule has 1 N–H and O–H groups in total. The van der Waals surface area contributed by atoms with Gasteiger partial charge >= 0.3 is 0 Å². The maximum atomic E-state index is 4.95. The lowest BCUT2D eigenvalue weighted by Gasteiger charge is -2.22. The van der Waals surface area contributed by atoms with Crippen LogP contribution in [-0.4, -0.2) is 11.0 Å². The van der Waals surface area contributed by atoms with Crippen molar-refractivity contribution >= 4 is 11.3 Å². The van der Waals surface area contributed by atoms with Crippen LogP contribution in [0, 0.1) is 5.92 Å². The van der Waals surface area contributed by atoms with E-state index in [-0.39, 0.29) is 0 Å². The van der Waals surface area contributed by atoms with Crippen LogP contribution in [0.25, 0.3) is 0 Å². The molecule has 1 aromatic heterocycles. The van der Waals surface area contributed by atoms with E-state index in [1.165, 1.54) is 47.7 Å². The minimum Gasteiger partial charge on any atom is -0.309 e. The summed E-state index contributed by atoms with van der Waals surface area (Å²) in [6.07, 6.45) is 8.01. The van der Waals surface area contributed by atoms with Gasteiger partial charge in [-0.05, 0) is 38.0 Å². The molecule has 18 heavy (non-hydrogen) atoms. The second-order valence-electron chi connectivity index (χ2n) is 6.30. The van der Waals surface area contributed by atoms with Crippen LogP contribution in [0.15, 0.2) is 0 Å². The van der Waals surface area contributed by atoms with Gasteiger partial charge in [0.1, 0.15) is 0 Å². The van der Waals surface area contributed by atoms with Crippen LogP contribution < -0.4 is 5.32 Å². The van der Waals surface area contributed by atoms with Gasteiger partial charge in [0.05, 0.1) is 10.7 Å². The summed E-state index contributed by atoms with van der Waals surface area (Å²) in [5, 5.41) is 5.07. The van der Waals surface area contributed by atoms with Crippen LogP contribution in [0.3, 0.4) is 0 Å². The number of hydrogen-bond acceptors (Lipinski definition) is 3. The standard InChI is InChI=1S/C15H24N2S/c1-10(2)8-13-14(9-16-12-6-7-12)18-15(17-13)11-4-3-5-11/h10-12,16H,3-9H2,1-2H3. The number of thiazole rings is 1. The summed E-state index contributed by atoms with van der Waals surface area (Å²) in [4.78, 5) is 6.46. The third-order valence-electron chi connectivity index (χ3n) is 3.98. The molecule has 2 fully saturated rings. The summed E-state index contributed by atoms with van der Waals surface area (Å²) in [5.74, 6) is 1.50. The second-order valence-corrected chi connectivity index (χ2v) is 7.42. The minimum atomic E-state index is 0.709. The Morgan fingerprint density at radius 3 is 2.61 bits per heavy atom. The number of aromatic nitrogens is 1. The van der Waals surface area contributed by atoms with Crippen molar-refractivity contribution in [1.29, 1.82) is 0 Å². The smallest absolute Gasteiger partial charge is 0.0962 e. The van der Waals surface area contributed by atoms with E-state index in [2.05, 4.69) is 19.2 Å². The lowest BCUT2D eigenvalue weighted by Crippen LogP contribution is -2.15. The molecule has 0 aliphatic heterocycles. The molecular formula is C15H24N2S. The zero-order chi connectivity index (χ0) is 12.5. The quantitative estimate of drug-likeness (QED) is 0.844. The molecule has 2 aliphatic carbocycles. The monoisotopic (exact) mass is 264 g/mol. The van der Waals surface area contributed by atoms with Gasteiger partial charge in [0.25, 0.3) is 0 Å². The molecule has 0 saturated heterocycles. The summed E-state index contributed by atoms with van der Waals surface area (Å²) >= 11 is 1.98. The summed E-state index contributed by atoms with van der Waals surface area (Å²) in [6.45, 7) is 5.64. The fraction of sp³-hybridized carbons (Fsp3) is 0.800. The van der Waals surface area contributed by atoms with Crippen molar-refractivity contribution in [3.63, 3.8) is 0 Å². The number of hydrogen-bond donors (Lipinski definition) is 1. The van der Waals surface area contributed by atoms with Gasteiger partial charge in [0.2, 0.25) is 0 Å². The fourth-order valence-electron chi connectivity index (χ4n) is 2.44. The Hall–Kier alpha value is -0.410. The van der Waals surface area contributed by atoms with Crippen LogP contribution in [0.1, 0.15) is 67.4 Å². The highest BCUT2D eigenvalue weighted by Crippen LogP contribution is 2.39. The second kappa shape index (κ2) is 5.30. The van der Waals surface area contributed by atoms with Crippen molar-refractivity contribution in [3.8, 4) is 0 Å². The molecule has 0 atom stereocenters. The summed E-state index contributed by atoms with van der Waals surface area (Å²) in [5.41, 5.74) is 1.38. The van der Waals surface area contributed by atoms with Crippen LogP contribution in [0.5, 0.6) is 0 Å². The van der Waals surface area contributed by atoms with Gasteiger partial charge in [-0.25, -0.2) is 4.98 Å². The molecule has 0 amide bonds. The van der Waals surface area contributed by atoms with Crippen LogP contribution in [0.2, 0.25) is 0 Å². The van der Waals surface area contributed by atoms with Gasteiger partial charge in [-0.3, -0.25) is 0 Å². The molecule has 0 spiro atoms. The Morgan fingerprint density at radius 2 is 2.06 bits per heavy atom. The van der Waals surface area contributed by atoms with E-state index in [0.717, 1.165) is 24.9 Å². The Kier molecular flexibility index (Phi) is 3.71. The first-order valence-electron chi connectivity index (χ1n) is 7.44. The molecule has 3 rings (SSSR count). The fourth-order valence-corrected chi connectivity index (χ4v) is 3.65. The number of rotatable bonds is 6. The van der Waals surface area contributed by atoms with Gasteiger partial charge in [0.15, 0.2) is 0 Å². The lowest BCUT2D eigenvalue weighted by molar-refractivity contribution is 0.417. The molecule has 2 saturated carbocycles. The maximum Gasteiger partial charge on any atom is 0.0962 e. The predicted molar refractivity (Wildman–Crippen MR) is 77.1 cm³/mol. The third kappa shape index (κ3) is 2.94. The maximum absolute atomic E-state index is 4.95. The summed E-state index contributed by atoms with van der Waals surface area (Å²) < 4.78 is 0. The topological polar surface area (TPSA) is 24.9 Å². The predicted octanol–water partition coefficient (Wildman–Crippen LogP) is 3.86. The van der Waals surface area contributed by atoms with E-state index >= 15 is 0 Å². The first-order chi connectivity index (χ1) is 8.72. The SMILES string of the molecule is CC(C)Cc1nc(C2CCC2)sc1CNC1CC1. The van der Waals surface area contributed by atoms with E-state index < -0.39 is 0 Å². The van der Waals surface area contributed by atoms with Gasteiger partial charge in [0, 0.05) is 23.4 Å². The summed E-state index contributed by atoms with van der Waals surface area (Å²) in [7, 11) is 0. The van der Waals surface area contributed by atoms with E-state index in [1.807, 2.05) is 11.3 Å². The summed E-state index contributed by atoms with van der Waals surface area (Å²) in [6, 6.07) is 0.797. The highest BCUT2D eigenvalue weighted by atomic mass is 32.1. The van der Waals surface area contributed by atoms with Gasteiger partial charge < -0.3 is 5.32 Å². The van der Waals surface area contributed by atoms with E-state index in [0.29, 0.717) is 5.92 Å². The normalized spacial score (nSPS) is 20.4. The third-order valence-corrected chi connectivity index (χ3v) is 5.24. The number of nitrogens with zero attached hydrogens (tertiary/aromatic N) is 1. The van der Waals surface area contributed by atoms with Crippen molar-refractivity contribution in [2.45, 2.75) is 70.9 Å². The zero-order valence-corrected chi connectivity index (χ0v) is 12.4. The van der Waals surface area contributed by atoms with Crippen molar-refractivity contribution in [2.24, 2.45) is 5.92 Å². The first-order valence-corrected chi connectivity index (χ1v) is 8.26. The first kappa shape index (κ1) is 12.6. The largest absolute Gasteiger partial charge is 0.309 e. The minimum absolute atomic E-state index is 0.709. The average molecular weight is 264 g/mol. The average Bonchev–Trinajstić information content (AvgIpc) is 2.97. The molecule has 0 bridgehead atoms. The molecule has 0 radical (unpaired) electrons. The van der Waals surface area contributed by atoms with Crippen LogP contribution in [0.4, 0.5) is 0 Å². The van der Waals surface area contributed by atoms with E-state index in [4.69, 9.17) is 4.98 Å². The molecule has 2 nitrogen and oxygen atoms in total. The van der Waals surface area contributed by atoms with E-state index in [9.17, 15) is 0 Å². The van der Waals surface area contributed by atoms with Crippen molar-refractivity contribution in [2.75, 3.05) is 0 Å². The molecule has 100 valence electrons. The molecule has 1 aromatic rings. The molecule has 1 heterocycles. The number of nitrogens with one attached hydrogen (secondary N) is 1. The Labute approximate surface area is 114 Å². The van der Waals surface area contributed by atoms with Crippen molar-refractivity contribution < 1.29 is 0 Å². The molecule has 3 heteroatoms. The van der Waals surface area contributed by atoms with Gasteiger partial charge in [-0.1, -0.05) is 20.3 Å². The van der Waals surface area contributed by atoms with Crippen molar-refractivity contribution in [3.05, 3.63) is 15.6 Å². The lowest BCUT2D eigenvalue weighted by atomic mass is 9.86. The Morgan fingerprint density at radius 1 is 1.28 bits per heavy atom.